The number of carbonyl (C=O) groups is 1. The largest absolute Gasteiger partial charge is 0.508 e. The van der Waals surface area contributed by atoms with Crippen LogP contribution in [-0.2, 0) is 0 Å². The summed E-state index contributed by atoms with van der Waals surface area (Å²) in [5.41, 5.74) is 0.0551. The molecule has 0 fully saturated rings. The van der Waals surface area contributed by atoms with E-state index in [2.05, 4.69) is 0 Å². The summed E-state index contributed by atoms with van der Waals surface area (Å²) in [4.78, 5) is 13.6. The second kappa shape index (κ2) is 6.86. The molecule has 18 heavy (non-hydrogen) atoms. The van der Waals surface area contributed by atoms with Crippen LogP contribution in [0.15, 0.2) is 18.2 Å². The average Bonchev–Trinajstić information content (AvgIpc) is 2.36. The van der Waals surface area contributed by atoms with E-state index in [1.807, 2.05) is 6.92 Å². The highest BCUT2D eigenvalue weighted by Crippen LogP contribution is 2.23. The first-order chi connectivity index (χ1) is 8.60. The Kier molecular flexibility index (Phi) is 5.45. The molecule has 1 amide bonds. The van der Waals surface area contributed by atoms with Crippen molar-refractivity contribution in [3.05, 3.63) is 23.8 Å². The van der Waals surface area contributed by atoms with Crippen LogP contribution < -0.4 is 0 Å². The van der Waals surface area contributed by atoms with Crippen molar-refractivity contribution >= 4 is 5.91 Å². The lowest BCUT2D eigenvalue weighted by atomic mass is 10.1. The summed E-state index contributed by atoms with van der Waals surface area (Å²) < 4.78 is 0. The zero-order chi connectivity index (χ0) is 13.5. The van der Waals surface area contributed by atoms with Gasteiger partial charge in [-0.2, -0.15) is 0 Å². The Morgan fingerprint density at radius 1 is 1.28 bits per heavy atom. The smallest absolute Gasteiger partial charge is 0.257 e. The van der Waals surface area contributed by atoms with Crippen molar-refractivity contribution in [2.45, 2.75) is 19.8 Å². The van der Waals surface area contributed by atoms with Gasteiger partial charge in [-0.15, -0.1) is 0 Å². The maximum atomic E-state index is 12.2. The molecule has 0 spiro atoms. The average molecular weight is 253 g/mol. The summed E-state index contributed by atoms with van der Waals surface area (Å²) in [6.07, 6.45) is 1.76. The van der Waals surface area contributed by atoms with Crippen LogP contribution in [0, 0.1) is 0 Å². The zero-order valence-electron chi connectivity index (χ0n) is 10.5. The molecule has 3 N–H and O–H groups in total. The number of unbranched alkanes of at least 4 members (excludes halogenated alkanes) is 1. The van der Waals surface area contributed by atoms with Gasteiger partial charge in [-0.1, -0.05) is 13.3 Å². The van der Waals surface area contributed by atoms with Crippen LogP contribution in [0.2, 0.25) is 0 Å². The lowest BCUT2D eigenvalue weighted by molar-refractivity contribution is 0.0716. The third-order valence-electron chi connectivity index (χ3n) is 2.65. The molecule has 0 aliphatic heterocycles. The molecule has 5 heteroatoms. The van der Waals surface area contributed by atoms with Gasteiger partial charge in [0.1, 0.15) is 11.5 Å². The number of benzene rings is 1. The number of phenols is 2. The number of aliphatic hydroxyl groups is 1. The molecule has 0 radical (unpaired) electrons. The van der Waals surface area contributed by atoms with Gasteiger partial charge in [0.15, 0.2) is 0 Å². The Balaban J connectivity index is 2.90. The molecule has 1 rings (SSSR count). The van der Waals surface area contributed by atoms with Gasteiger partial charge in [0.2, 0.25) is 0 Å². The molecule has 0 saturated carbocycles. The maximum Gasteiger partial charge on any atom is 0.257 e. The van der Waals surface area contributed by atoms with Gasteiger partial charge in [-0.3, -0.25) is 4.79 Å². The van der Waals surface area contributed by atoms with E-state index in [9.17, 15) is 15.0 Å². The van der Waals surface area contributed by atoms with E-state index in [-0.39, 0.29) is 36.1 Å². The van der Waals surface area contributed by atoms with Crippen molar-refractivity contribution in [2.75, 3.05) is 19.7 Å². The van der Waals surface area contributed by atoms with Gasteiger partial charge >= 0.3 is 0 Å². The fourth-order valence-electron chi connectivity index (χ4n) is 1.65. The Bertz CT molecular complexity index is 406. The molecule has 0 unspecified atom stereocenters. The van der Waals surface area contributed by atoms with E-state index in [0.717, 1.165) is 12.8 Å². The maximum absolute atomic E-state index is 12.2. The highest BCUT2D eigenvalue weighted by atomic mass is 16.3. The van der Waals surface area contributed by atoms with E-state index in [1.54, 1.807) is 0 Å². The zero-order valence-corrected chi connectivity index (χ0v) is 10.5. The first-order valence-electron chi connectivity index (χ1n) is 6.02. The van der Waals surface area contributed by atoms with Crippen molar-refractivity contribution in [2.24, 2.45) is 0 Å². The summed E-state index contributed by atoms with van der Waals surface area (Å²) in [5.74, 6) is -0.626. The minimum Gasteiger partial charge on any atom is -0.508 e. The summed E-state index contributed by atoms with van der Waals surface area (Å²) in [5, 5.41) is 27.9. The first-order valence-corrected chi connectivity index (χ1v) is 6.02. The molecule has 5 nitrogen and oxygen atoms in total. The van der Waals surface area contributed by atoms with Crippen molar-refractivity contribution in [1.29, 1.82) is 0 Å². The van der Waals surface area contributed by atoms with Crippen molar-refractivity contribution in [3.8, 4) is 11.5 Å². The molecular formula is C13H19NO4. The number of aromatic hydroxyl groups is 2. The van der Waals surface area contributed by atoms with E-state index in [0.29, 0.717) is 6.54 Å². The molecule has 0 heterocycles. The summed E-state index contributed by atoms with van der Waals surface area (Å²) >= 11 is 0. The molecule has 0 saturated heterocycles. The van der Waals surface area contributed by atoms with E-state index in [4.69, 9.17) is 5.11 Å². The number of hydrogen-bond acceptors (Lipinski definition) is 4. The molecule has 1 aromatic rings. The number of carbonyl (C=O) groups excluding carboxylic acids is 1. The number of nitrogens with zero attached hydrogens (tertiary/aromatic N) is 1. The van der Waals surface area contributed by atoms with Crippen LogP contribution in [-0.4, -0.2) is 45.8 Å². The lowest BCUT2D eigenvalue weighted by Crippen LogP contribution is -2.34. The van der Waals surface area contributed by atoms with Crippen LogP contribution in [0.3, 0.4) is 0 Å². The second-order valence-corrected chi connectivity index (χ2v) is 4.07. The highest BCUT2D eigenvalue weighted by Gasteiger charge is 2.18. The molecule has 0 atom stereocenters. The van der Waals surface area contributed by atoms with Gasteiger partial charge < -0.3 is 20.2 Å². The van der Waals surface area contributed by atoms with Crippen molar-refractivity contribution in [1.82, 2.24) is 4.90 Å². The standard InChI is InChI=1S/C13H19NO4/c1-2-3-6-14(7-8-15)13(18)11-9-10(16)4-5-12(11)17/h4-5,9,15-17H,2-3,6-8H2,1H3. The SMILES string of the molecule is CCCCN(CCO)C(=O)c1cc(O)ccc1O. The Labute approximate surface area is 106 Å². The van der Waals surface area contributed by atoms with E-state index < -0.39 is 0 Å². The number of phenolic OH excluding ortho intramolecular Hbond substituents is 2. The second-order valence-electron chi connectivity index (χ2n) is 4.07. The van der Waals surface area contributed by atoms with Gasteiger partial charge in [0.25, 0.3) is 5.91 Å². The predicted octanol–water partition coefficient (Wildman–Crippen LogP) is 1.33. The van der Waals surface area contributed by atoms with Gasteiger partial charge in [0, 0.05) is 13.1 Å². The van der Waals surface area contributed by atoms with Gasteiger partial charge in [-0.25, -0.2) is 0 Å². The monoisotopic (exact) mass is 253 g/mol. The highest BCUT2D eigenvalue weighted by molar-refractivity contribution is 5.97. The Hall–Kier alpha value is -1.75. The lowest BCUT2D eigenvalue weighted by Gasteiger charge is -2.22. The summed E-state index contributed by atoms with van der Waals surface area (Å²) in [7, 11) is 0. The third-order valence-corrected chi connectivity index (χ3v) is 2.65. The topological polar surface area (TPSA) is 81.0 Å². The third kappa shape index (κ3) is 3.63. The van der Waals surface area contributed by atoms with Crippen LogP contribution >= 0.6 is 0 Å². The first kappa shape index (κ1) is 14.3. The number of hydrogen-bond donors (Lipinski definition) is 3. The molecule has 0 aliphatic carbocycles. The van der Waals surface area contributed by atoms with Gasteiger partial charge in [0.05, 0.1) is 12.2 Å². The van der Waals surface area contributed by atoms with Crippen molar-refractivity contribution in [3.63, 3.8) is 0 Å². The molecule has 0 bridgehead atoms. The van der Waals surface area contributed by atoms with Gasteiger partial charge in [-0.05, 0) is 24.6 Å². The normalized spacial score (nSPS) is 10.3. The molecule has 1 aromatic carbocycles. The van der Waals surface area contributed by atoms with Crippen molar-refractivity contribution < 1.29 is 20.1 Å². The molecular weight excluding hydrogens is 234 g/mol. The minimum atomic E-state index is -0.383. The fraction of sp³-hybridized carbons (Fsp3) is 0.462. The predicted molar refractivity (Wildman–Crippen MR) is 67.7 cm³/mol. The number of amides is 1. The molecule has 0 aromatic heterocycles. The summed E-state index contributed by atoms with van der Waals surface area (Å²) in [6, 6.07) is 3.82. The van der Waals surface area contributed by atoms with Crippen LogP contribution in [0.4, 0.5) is 0 Å². The fourth-order valence-corrected chi connectivity index (χ4v) is 1.65. The van der Waals surface area contributed by atoms with E-state index in [1.165, 1.54) is 23.1 Å². The van der Waals surface area contributed by atoms with E-state index >= 15 is 0 Å². The molecule has 0 aliphatic rings. The number of aliphatic hydroxyl groups excluding tert-OH is 1. The number of rotatable bonds is 6. The Morgan fingerprint density at radius 2 is 2.00 bits per heavy atom. The van der Waals surface area contributed by atoms with Crippen LogP contribution in [0.1, 0.15) is 30.1 Å². The Morgan fingerprint density at radius 3 is 2.61 bits per heavy atom. The summed E-state index contributed by atoms with van der Waals surface area (Å²) in [6.45, 7) is 2.61. The van der Waals surface area contributed by atoms with Crippen LogP contribution in [0.25, 0.3) is 0 Å². The molecule has 100 valence electrons. The minimum absolute atomic E-state index is 0.0551. The quantitative estimate of drug-likeness (QED) is 0.668. The van der Waals surface area contributed by atoms with Crippen LogP contribution in [0.5, 0.6) is 11.5 Å².